The van der Waals surface area contributed by atoms with Crippen LogP contribution >= 0.6 is 11.3 Å². The van der Waals surface area contributed by atoms with E-state index in [1.807, 2.05) is 42.6 Å². The molecule has 0 aliphatic rings. The third kappa shape index (κ3) is 3.29. The van der Waals surface area contributed by atoms with Crippen LogP contribution in [0.5, 0.6) is 0 Å². The first-order chi connectivity index (χ1) is 11.2. The summed E-state index contributed by atoms with van der Waals surface area (Å²) in [5.41, 5.74) is 3.74. The van der Waals surface area contributed by atoms with Gasteiger partial charge in [-0.1, -0.05) is 30.3 Å². The predicted octanol–water partition coefficient (Wildman–Crippen LogP) is 4.16. The second-order valence-corrected chi connectivity index (χ2v) is 5.83. The molecule has 116 valence electrons. The Bertz CT molecular complexity index is 890. The number of aromatic nitrogens is 1. The molecule has 3 nitrogen and oxygen atoms in total. The van der Waals surface area contributed by atoms with Crippen LogP contribution in [0.2, 0.25) is 0 Å². The van der Waals surface area contributed by atoms with Crippen LogP contribution in [0.25, 0.3) is 11.3 Å². The van der Waals surface area contributed by atoms with E-state index in [9.17, 15) is 4.39 Å². The van der Waals surface area contributed by atoms with Gasteiger partial charge in [0.05, 0.1) is 11.4 Å². The van der Waals surface area contributed by atoms with Crippen LogP contribution in [0.3, 0.4) is 0 Å². The van der Waals surface area contributed by atoms with Crippen LogP contribution in [0.15, 0.2) is 70.1 Å². The molecule has 1 heterocycles. The SMILES string of the molecule is CN=c1scc(-c2ccc(F)cc2)n1N=C(C)c1ccccc1. The van der Waals surface area contributed by atoms with Crippen molar-refractivity contribution in [2.45, 2.75) is 6.92 Å². The number of rotatable bonds is 3. The lowest BCUT2D eigenvalue weighted by molar-refractivity contribution is 0.628. The first-order valence-corrected chi connectivity index (χ1v) is 8.07. The third-order valence-electron chi connectivity index (χ3n) is 3.46. The van der Waals surface area contributed by atoms with Gasteiger partial charge in [-0.15, -0.1) is 11.3 Å². The second-order valence-electron chi connectivity index (χ2n) is 5.00. The van der Waals surface area contributed by atoms with Gasteiger partial charge in [-0.25, -0.2) is 9.07 Å². The molecular weight excluding hydrogens is 309 g/mol. The molecule has 0 N–H and O–H groups in total. The van der Waals surface area contributed by atoms with Crippen molar-refractivity contribution in [2.75, 3.05) is 7.05 Å². The molecule has 2 aromatic carbocycles. The zero-order valence-electron chi connectivity index (χ0n) is 12.9. The van der Waals surface area contributed by atoms with Crippen molar-refractivity contribution in [1.82, 2.24) is 4.68 Å². The molecule has 0 fully saturated rings. The lowest BCUT2D eigenvalue weighted by Crippen LogP contribution is -2.13. The predicted molar refractivity (Wildman–Crippen MR) is 93.2 cm³/mol. The van der Waals surface area contributed by atoms with Crippen LogP contribution in [0, 0.1) is 5.82 Å². The monoisotopic (exact) mass is 325 g/mol. The highest BCUT2D eigenvalue weighted by Gasteiger charge is 2.08. The number of nitrogens with zero attached hydrogens (tertiary/aromatic N) is 3. The number of thiazole rings is 1. The summed E-state index contributed by atoms with van der Waals surface area (Å²) >= 11 is 1.51. The third-order valence-corrected chi connectivity index (χ3v) is 4.37. The molecule has 0 radical (unpaired) electrons. The maximum atomic E-state index is 13.2. The smallest absolute Gasteiger partial charge is 0.205 e. The first kappa shape index (κ1) is 15.4. The van der Waals surface area contributed by atoms with E-state index in [1.165, 1.54) is 23.5 Å². The highest BCUT2D eigenvalue weighted by molar-refractivity contribution is 7.07. The van der Waals surface area contributed by atoms with Gasteiger partial charge in [-0.05, 0) is 36.8 Å². The summed E-state index contributed by atoms with van der Waals surface area (Å²) in [6, 6.07) is 16.4. The van der Waals surface area contributed by atoms with E-state index in [4.69, 9.17) is 5.10 Å². The van der Waals surface area contributed by atoms with Crippen LogP contribution in [-0.4, -0.2) is 17.4 Å². The second kappa shape index (κ2) is 6.71. The van der Waals surface area contributed by atoms with Gasteiger partial charge < -0.3 is 0 Å². The molecule has 0 spiro atoms. The fourth-order valence-corrected chi connectivity index (χ4v) is 3.05. The van der Waals surface area contributed by atoms with Crippen molar-refractivity contribution >= 4 is 17.0 Å². The molecule has 5 heteroatoms. The number of benzene rings is 2. The highest BCUT2D eigenvalue weighted by Crippen LogP contribution is 2.20. The first-order valence-electron chi connectivity index (χ1n) is 7.19. The fourth-order valence-electron chi connectivity index (χ4n) is 2.25. The van der Waals surface area contributed by atoms with Crippen LogP contribution in [0.1, 0.15) is 12.5 Å². The molecular formula is C18H16FN3S. The average Bonchev–Trinajstić information content (AvgIpc) is 2.99. The Morgan fingerprint density at radius 2 is 1.74 bits per heavy atom. The van der Waals surface area contributed by atoms with E-state index < -0.39 is 0 Å². The maximum absolute atomic E-state index is 13.2. The molecule has 1 aromatic heterocycles. The Morgan fingerprint density at radius 3 is 2.39 bits per heavy atom. The molecule has 3 rings (SSSR count). The minimum Gasteiger partial charge on any atom is -0.261 e. The summed E-state index contributed by atoms with van der Waals surface area (Å²) < 4.78 is 15.0. The van der Waals surface area contributed by atoms with Gasteiger partial charge >= 0.3 is 0 Å². The molecule has 0 bridgehead atoms. The normalized spacial score (nSPS) is 12.7. The van der Waals surface area contributed by atoms with Gasteiger partial charge in [-0.2, -0.15) is 5.10 Å². The van der Waals surface area contributed by atoms with Gasteiger partial charge in [-0.3, -0.25) is 4.99 Å². The van der Waals surface area contributed by atoms with E-state index in [0.717, 1.165) is 27.3 Å². The van der Waals surface area contributed by atoms with Gasteiger partial charge in [0.25, 0.3) is 0 Å². The number of hydrogen-bond donors (Lipinski definition) is 0. The van der Waals surface area contributed by atoms with Crippen molar-refractivity contribution in [3.8, 4) is 11.3 Å². The maximum Gasteiger partial charge on any atom is 0.205 e. The lowest BCUT2D eigenvalue weighted by atomic mass is 10.1. The van der Waals surface area contributed by atoms with Gasteiger partial charge in [0.15, 0.2) is 0 Å². The Hall–Kier alpha value is -2.53. The topological polar surface area (TPSA) is 29.6 Å². The zero-order chi connectivity index (χ0) is 16.2. The molecule has 0 saturated carbocycles. The average molecular weight is 325 g/mol. The lowest BCUT2D eigenvalue weighted by Gasteiger charge is -2.06. The highest BCUT2D eigenvalue weighted by atomic mass is 32.1. The summed E-state index contributed by atoms with van der Waals surface area (Å²) in [4.78, 5) is 5.07. The van der Waals surface area contributed by atoms with E-state index in [2.05, 4.69) is 4.99 Å². The molecule has 3 aromatic rings. The molecule has 0 atom stereocenters. The molecule has 0 aliphatic carbocycles. The van der Waals surface area contributed by atoms with E-state index in [0.29, 0.717) is 0 Å². The van der Waals surface area contributed by atoms with E-state index >= 15 is 0 Å². The number of halogens is 1. The Kier molecular flexibility index (Phi) is 4.48. The molecule has 23 heavy (non-hydrogen) atoms. The van der Waals surface area contributed by atoms with Crippen molar-refractivity contribution < 1.29 is 4.39 Å². The van der Waals surface area contributed by atoms with Crippen molar-refractivity contribution in [3.63, 3.8) is 0 Å². The standard InChI is InChI=1S/C18H16FN3S/c1-13(14-6-4-3-5-7-14)21-22-17(12-23-18(22)20-2)15-8-10-16(19)11-9-15/h3-12H,1-2H3. The summed E-state index contributed by atoms with van der Waals surface area (Å²) in [5, 5.41) is 6.70. The van der Waals surface area contributed by atoms with Gasteiger partial charge in [0.2, 0.25) is 4.80 Å². The molecule has 0 unspecified atom stereocenters. The summed E-state index contributed by atoms with van der Waals surface area (Å²) in [7, 11) is 1.74. The van der Waals surface area contributed by atoms with Crippen LogP contribution in [-0.2, 0) is 0 Å². The van der Waals surface area contributed by atoms with Crippen molar-refractivity contribution in [3.05, 3.63) is 76.2 Å². The largest absolute Gasteiger partial charge is 0.261 e. The van der Waals surface area contributed by atoms with Crippen LogP contribution < -0.4 is 4.80 Å². The van der Waals surface area contributed by atoms with Gasteiger partial charge in [0, 0.05) is 18.0 Å². The van der Waals surface area contributed by atoms with E-state index in [-0.39, 0.29) is 5.82 Å². The quantitative estimate of drug-likeness (QED) is 0.647. The molecule has 0 saturated heterocycles. The molecule has 0 aliphatic heterocycles. The fraction of sp³-hybridized carbons (Fsp3) is 0.111. The van der Waals surface area contributed by atoms with Crippen LogP contribution in [0.4, 0.5) is 4.39 Å². The van der Waals surface area contributed by atoms with E-state index in [1.54, 1.807) is 23.9 Å². The molecule has 0 amide bonds. The van der Waals surface area contributed by atoms with Crippen molar-refractivity contribution in [2.24, 2.45) is 10.1 Å². The Balaban J connectivity index is 2.12. The van der Waals surface area contributed by atoms with Gasteiger partial charge in [0.1, 0.15) is 5.82 Å². The number of hydrogen-bond acceptors (Lipinski definition) is 3. The Labute approximate surface area is 138 Å². The minimum absolute atomic E-state index is 0.250. The summed E-state index contributed by atoms with van der Waals surface area (Å²) in [6.07, 6.45) is 0. The van der Waals surface area contributed by atoms with Crippen molar-refractivity contribution in [1.29, 1.82) is 0 Å². The summed E-state index contributed by atoms with van der Waals surface area (Å²) in [6.45, 7) is 1.97. The Morgan fingerprint density at radius 1 is 1.04 bits per heavy atom. The minimum atomic E-state index is -0.250. The summed E-state index contributed by atoms with van der Waals surface area (Å²) in [5.74, 6) is -0.250. The zero-order valence-corrected chi connectivity index (χ0v) is 13.7.